The molecule has 3 aliphatic rings. The van der Waals surface area contributed by atoms with E-state index in [1.54, 1.807) is 17.0 Å². The Morgan fingerprint density at radius 1 is 1.00 bits per heavy atom. The second-order valence-corrected chi connectivity index (χ2v) is 12.6. The largest absolute Gasteiger partial charge is 0.448 e. The Labute approximate surface area is 223 Å². The molecule has 0 bridgehead atoms. The molecule has 1 saturated carbocycles. The molecule has 5 rings (SSSR count). The van der Waals surface area contributed by atoms with Gasteiger partial charge in [-0.2, -0.15) is 4.31 Å². The van der Waals surface area contributed by atoms with Gasteiger partial charge in [0.25, 0.3) is 0 Å². The normalized spacial score (nSPS) is 25.3. The highest BCUT2D eigenvalue weighted by molar-refractivity contribution is 7.89. The summed E-state index contributed by atoms with van der Waals surface area (Å²) in [5.74, 6) is -0.210. The third-order valence-corrected chi connectivity index (χ3v) is 9.84. The molecule has 2 aromatic carbocycles. The van der Waals surface area contributed by atoms with E-state index in [4.69, 9.17) is 4.74 Å². The Balaban J connectivity index is 1.34. The van der Waals surface area contributed by atoms with Crippen molar-refractivity contribution < 1.29 is 26.7 Å². The second kappa shape index (κ2) is 11.3. The maximum Gasteiger partial charge on any atom is 0.410 e. The minimum absolute atomic E-state index is 0.000416. The number of halogens is 2. The SMILES string of the molecule is C[C@H]1CN(CC2CC2)CCN1C(=O)OC[C@H]1CCC[C@@H](c2cccc(F)c2)N1S(=O)(=O)c1ccc(F)cc1. The molecule has 0 radical (unpaired) electrons. The predicted octanol–water partition coefficient (Wildman–Crippen LogP) is 4.80. The number of hydrogen-bond donors (Lipinski definition) is 0. The molecule has 206 valence electrons. The lowest BCUT2D eigenvalue weighted by Gasteiger charge is -2.42. The van der Waals surface area contributed by atoms with Crippen LogP contribution < -0.4 is 0 Å². The predicted molar refractivity (Wildman–Crippen MR) is 139 cm³/mol. The van der Waals surface area contributed by atoms with E-state index in [1.807, 2.05) is 6.92 Å². The Bertz CT molecular complexity index is 1240. The van der Waals surface area contributed by atoms with E-state index < -0.39 is 39.8 Å². The number of carbonyl (C=O) groups is 1. The first kappa shape index (κ1) is 27.0. The Morgan fingerprint density at radius 2 is 1.76 bits per heavy atom. The van der Waals surface area contributed by atoms with Gasteiger partial charge in [0.05, 0.1) is 17.0 Å². The van der Waals surface area contributed by atoms with Crippen molar-refractivity contribution in [3.8, 4) is 0 Å². The van der Waals surface area contributed by atoms with Gasteiger partial charge in [-0.3, -0.25) is 4.90 Å². The standard InChI is InChI=1S/C28H35F2N3O4S/c1-20-17-31(18-21-8-9-21)14-15-32(20)28(34)37-19-25-6-3-7-27(22-4-2-5-24(30)16-22)33(25)38(35,36)26-12-10-23(29)11-13-26/h2,4-5,10-13,16,20-21,25,27H,3,6-9,14-15,17-19H2,1H3/t20-,25+,27-/m0/s1. The van der Waals surface area contributed by atoms with Crippen LogP contribution in [-0.4, -0.2) is 73.5 Å². The molecule has 38 heavy (non-hydrogen) atoms. The van der Waals surface area contributed by atoms with Crippen LogP contribution in [0.15, 0.2) is 53.4 Å². The molecule has 0 aromatic heterocycles. The average molecular weight is 548 g/mol. The van der Waals surface area contributed by atoms with E-state index in [1.165, 1.54) is 41.4 Å². The zero-order valence-corrected chi connectivity index (χ0v) is 22.5. The lowest BCUT2D eigenvalue weighted by molar-refractivity contribution is 0.0318. The molecule has 3 fully saturated rings. The van der Waals surface area contributed by atoms with Crippen molar-refractivity contribution in [2.24, 2.45) is 5.92 Å². The van der Waals surface area contributed by atoms with Crippen LogP contribution in [0, 0.1) is 17.6 Å². The van der Waals surface area contributed by atoms with E-state index in [0.717, 1.165) is 37.7 Å². The zero-order chi connectivity index (χ0) is 26.9. The summed E-state index contributed by atoms with van der Waals surface area (Å²) in [6.07, 6.45) is 3.79. The van der Waals surface area contributed by atoms with Gasteiger partial charge in [0, 0.05) is 32.2 Å². The van der Waals surface area contributed by atoms with Crippen molar-refractivity contribution in [2.45, 2.75) is 62.0 Å². The van der Waals surface area contributed by atoms with Crippen LogP contribution in [-0.2, 0) is 14.8 Å². The molecule has 2 aromatic rings. The lowest BCUT2D eigenvalue weighted by Crippen LogP contribution is -2.55. The van der Waals surface area contributed by atoms with E-state index in [9.17, 15) is 22.0 Å². The Hall–Kier alpha value is -2.56. The maximum atomic E-state index is 14.1. The Morgan fingerprint density at radius 3 is 2.45 bits per heavy atom. The van der Waals surface area contributed by atoms with Crippen molar-refractivity contribution >= 4 is 16.1 Å². The van der Waals surface area contributed by atoms with E-state index in [-0.39, 0.29) is 17.5 Å². The van der Waals surface area contributed by atoms with Crippen LogP contribution in [0.3, 0.4) is 0 Å². The molecule has 0 spiro atoms. The van der Waals surface area contributed by atoms with Crippen LogP contribution in [0.5, 0.6) is 0 Å². The third-order valence-electron chi connectivity index (χ3n) is 7.86. The van der Waals surface area contributed by atoms with Gasteiger partial charge >= 0.3 is 6.09 Å². The van der Waals surface area contributed by atoms with Gasteiger partial charge in [-0.1, -0.05) is 12.1 Å². The minimum Gasteiger partial charge on any atom is -0.448 e. The third kappa shape index (κ3) is 6.02. The summed E-state index contributed by atoms with van der Waals surface area (Å²) in [6.45, 7) is 5.13. The number of sulfonamides is 1. The highest BCUT2D eigenvalue weighted by Gasteiger charge is 2.42. The molecule has 1 amide bonds. The number of nitrogens with zero attached hydrogens (tertiary/aromatic N) is 3. The van der Waals surface area contributed by atoms with Gasteiger partial charge in [0.1, 0.15) is 18.2 Å². The topological polar surface area (TPSA) is 70.2 Å². The van der Waals surface area contributed by atoms with Crippen molar-refractivity contribution in [3.63, 3.8) is 0 Å². The highest BCUT2D eigenvalue weighted by atomic mass is 32.2. The number of rotatable bonds is 7. The molecule has 2 saturated heterocycles. The first-order valence-corrected chi connectivity index (χ1v) is 14.9. The smallest absolute Gasteiger partial charge is 0.410 e. The zero-order valence-electron chi connectivity index (χ0n) is 21.6. The van der Waals surface area contributed by atoms with Crippen LogP contribution in [0.4, 0.5) is 13.6 Å². The molecule has 2 heterocycles. The summed E-state index contributed by atoms with van der Waals surface area (Å²) >= 11 is 0. The summed E-state index contributed by atoms with van der Waals surface area (Å²) in [6, 6.07) is 9.32. The molecule has 3 atom stereocenters. The summed E-state index contributed by atoms with van der Waals surface area (Å²) < 4.78 is 62.5. The van der Waals surface area contributed by atoms with Gasteiger partial charge in [-0.15, -0.1) is 0 Å². The summed E-state index contributed by atoms with van der Waals surface area (Å²) in [4.78, 5) is 17.1. The molecule has 10 heteroatoms. The fourth-order valence-electron chi connectivity index (χ4n) is 5.72. The summed E-state index contributed by atoms with van der Waals surface area (Å²) in [5.41, 5.74) is 0.534. The fraction of sp³-hybridized carbons (Fsp3) is 0.536. The average Bonchev–Trinajstić information content (AvgIpc) is 3.71. The maximum absolute atomic E-state index is 14.1. The molecule has 1 aliphatic carbocycles. The van der Waals surface area contributed by atoms with E-state index in [0.29, 0.717) is 31.4 Å². The van der Waals surface area contributed by atoms with Gasteiger partial charge in [0.15, 0.2) is 0 Å². The van der Waals surface area contributed by atoms with Gasteiger partial charge in [0.2, 0.25) is 10.0 Å². The molecule has 0 unspecified atom stereocenters. The molecule has 7 nitrogen and oxygen atoms in total. The minimum atomic E-state index is -4.10. The van der Waals surface area contributed by atoms with Crippen molar-refractivity contribution in [3.05, 3.63) is 65.7 Å². The number of carbonyl (C=O) groups excluding carboxylic acids is 1. The number of piperidine rings is 1. The Kier molecular flexibility index (Phi) is 8.02. The highest BCUT2D eigenvalue weighted by Crippen LogP contribution is 2.39. The number of amides is 1. The first-order valence-electron chi connectivity index (χ1n) is 13.4. The fourth-order valence-corrected chi connectivity index (χ4v) is 7.56. The van der Waals surface area contributed by atoms with Gasteiger partial charge in [-0.25, -0.2) is 22.0 Å². The number of piperazine rings is 1. The molecular formula is C28H35F2N3O4S. The van der Waals surface area contributed by atoms with Crippen molar-refractivity contribution in [1.29, 1.82) is 0 Å². The lowest BCUT2D eigenvalue weighted by atomic mass is 9.93. The number of hydrogen-bond acceptors (Lipinski definition) is 5. The monoisotopic (exact) mass is 547 g/mol. The molecule has 0 N–H and O–H groups in total. The van der Waals surface area contributed by atoms with Crippen LogP contribution in [0.1, 0.15) is 50.6 Å². The van der Waals surface area contributed by atoms with Crippen molar-refractivity contribution in [2.75, 3.05) is 32.8 Å². The molecular weight excluding hydrogens is 512 g/mol. The van der Waals surface area contributed by atoms with Crippen molar-refractivity contribution in [1.82, 2.24) is 14.1 Å². The van der Waals surface area contributed by atoms with Crippen LogP contribution in [0.2, 0.25) is 0 Å². The number of benzene rings is 2. The van der Waals surface area contributed by atoms with Crippen LogP contribution in [0.25, 0.3) is 0 Å². The second-order valence-electron chi connectivity index (χ2n) is 10.8. The quantitative estimate of drug-likeness (QED) is 0.498. The van der Waals surface area contributed by atoms with Gasteiger partial charge < -0.3 is 9.64 Å². The number of ether oxygens (including phenoxy) is 1. The van der Waals surface area contributed by atoms with E-state index >= 15 is 0 Å². The molecule has 2 aliphatic heterocycles. The first-order chi connectivity index (χ1) is 18.2. The van der Waals surface area contributed by atoms with Crippen LogP contribution >= 0.6 is 0 Å². The summed E-state index contributed by atoms with van der Waals surface area (Å²) in [5, 5.41) is 0. The van der Waals surface area contributed by atoms with E-state index in [2.05, 4.69) is 4.90 Å². The summed E-state index contributed by atoms with van der Waals surface area (Å²) in [7, 11) is -4.10. The van der Waals surface area contributed by atoms with Gasteiger partial charge in [-0.05, 0) is 86.9 Å².